The van der Waals surface area contributed by atoms with Gasteiger partial charge in [0.05, 0.1) is 17.6 Å². The lowest BCUT2D eigenvalue weighted by molar-refractivity contribution is 0.432. The second kappa shape index (κ2) is 6.91. The van der Waals surface area contributed by atoms with Gasteiger partial charge in [-0.3, -0.25) is 0 Å². The quantitative estimate of drug-likeness (QED) is 0.678. The zero-order valence-corrected chi connectivity index (χ0v) is 15.3. The van der Waals surface area contributed by atoms with Crippen molar-refractivity contribution < 1.29 is 0 Å². The number of piperidine rings is 1. The monoisotopic (exact) mass is 333 g/mol. The highest BCUT2D eigenvalue weighted by Gasteiger charge is 2.22. The fourth-order valence-electron chi connectivity index (χ4n) is 3.75. The highest BCUT2D eigenvalue weighted by molar-refractivity contribution is 5.80. The van der Waals surface area contributed by atoms with E-state index >= 15 is 0 Å². The van der Waals surface area contributed by atoms with E-state index < -0.39 is 0 Å². The van der Waals surface area contributed by atoms with Gasteiger partial charge < -0.3 is 9.47 Å². The van der Waals surface area contributed by atoms with E-state index in [1.807, 2.05) is 0 Å². The highest BCUT2D eigenvalue weighted by atomic mass is 15.3. The van der Waals surface area contributed by atoms with Gasteiger partial charge in [-0.1, -0.05) is 50.2 Å². The van der Waals surface area contributed by atoms with Crippen molar-refractivity contribution >= 4 is 17.0 Å². The molecule has 0 spiro atoms. The minimum atomic E-state index is 0.829. The number of benzene rings is 2. The van der Waals surface area contributed by atoms with Crippen LogP contribution in [0.1, 0.15) is 37.8 Å². The molecule has 0 radical (unpaired) electrons. The molecule has 1 aliphatic heterocycles. The molecular weight excluding hydrogens is 306 g/mol. The molecule has 0 N–H and O–H groups in total. The Balaban J connectivity index is 1.77. The molecule has 2 aromatic carbocycles. The molecule has 1 fully saturated rings. The first-order chi connectivity index (χ1) is 12.2. The first-order valence-electron chi connectivity index (χ1n) is 9.52. The fourth-order valence-corrected chi connectivity index (χ4v) is 3.75. The number of rotatable bonds is 4. The van der Waals surface area contributed by atoms with Crippen LogP contribution in [-0.2, 0) is 13.0 Å². The predicted molar refractivity (Wildman–Crippen MR) is 105 cm³/mol. The van der Waals surface area contributed by atoms with Crippen molar-refractivity contribution in [2.75, 3.05) is 18.0 Å². The summed E-state index contributed by atoms with van der Waals surface area (Å²) >= 11 is 0. The summed E-state index contributed by atoms with van der Waals surface area (Å²) in [6.07, 6.45) is 3.57. The molecule has 0 bridgehead atoms. The molecule has 1 saturated heterocycles. The van der Waals surface area contributed by atoms with Crippen LogP contribution in [0.4, 0.5) is 5.95 Å². The van der Waals surface area contributed by atoms with Gasteiger partial charge in [0.15, 0.2) is 0 Å². The molecule has 0 unspecified atom stereocenters. The fraction of sp³-hybridized carbons (Fsp3) is 0.409. The van der Waals surface area contributed by atoms with E-state index in [-0.39, 0.29) is 0 Å². The molecule has 0 atom stereocenters. The molecule has 1 aliphatic rings. The summed E-state index contributed by atoms with van der Waals surface area (Å²) in [6, 6.07) is 17.5. The van der Waals surface area contributed by atoms with Crippen LogP contribution >= 0.6 is 0 Å². The summed E-state index contributed by atoms with van der Waals surface area (Å²) < 4.78 is 2.40. The minimum Gasteiger partial charge on any atom is -0.342 e. The first-order valence-corrected chi connectivity index (χ1v) is 9.52. The van der Waals surface area contributed by atoms with E-state index in [4.69, 9.17) is 4.98 Å². The van der Waals surface area contributed by atoms with Crippen molar-refractivity contribution in [3.05, 3.63) is 59.7 Å². The van der Waals surface area contributed by atoms with Crippen molar-refractivity contribution in [2.24, 2.45) is 5.92 Å². The van der Waals surface area contributed by atoms with Crippen LogP contribution in [0.2, 0.25) is 0 Å². The lowest BCUT2D eigenvalue weighted by Crippen LogP contribution is -2.34. The van der Waals surface area contributed by atoms with Gasteiger partial charge in [-0.05, 0) is 48.4 Å². The van der Waals surface area contributed by atoms with E-state index in [9.17, 15) is 0 Å². The van der Waals surface area contributed by atoms with Crippen LogP contribution in [0.15, 0.2) is 48.5 Å². The number of hydrogen-bond acceptors (Lipinski definition) is 2. The van der Waals surface area contributed by atoms with Crippen molar-refractivity contribution in [1.82, 2.24) is 9.55 Å². The molecule has 0 amide bonds. The largest absolute Gasteiger partial charge is 0.342 e. The molecular formula is C22H27N3. The molecule has 2 heterocycles. The summed E-state index contributed by atoms with van der Waals surface area (Å²) in [6.45, 7) is 7.66. The van der Waals surface area contributed by atoms with Gasteiger partial charge in [-0.2, -0.15) is 0 Å². The number of anilines is 1. The summed E-state index contributed by atoms with van der Waals surface area (Å²) in [5, 5.41) is 0. The molecule has 4 rings (SSSR count). The molecule has 3 nitrogen and oxygen atoms in total. The van der Waals surface area contributed by atoms with Crippen LogP contribution in [0, 0.1) is 5.92 Å². The Labute approximate surface area is 150 Å². The molecule has 0 aliphatic carbocycles. The Kier molecular flexibility index (Phi) is 4.48. The van der Waals surface area contributed by atoms with Gasteiger partial charge >= 0.3 is 0 Å². The van der Waals surface area contributed by atoms with Gasteiger partial charge in [0.25, 0.3) is 0 Å². The smallest absolute Gasteiger partial charge is 0.206 e. The minimum absolute atomic E-state index is 0.829. The molecule has 130 valence electrons. The van der Waals surface area contributed by atoms with E-state index in [2.05, 4.69) is 71.8 Å². The Bertz CT molecular complexity index is 842. The Morgan fingerprint density at radius 2 is 1.76 bits per heavy atom. The SMILES string of the molecule is CCc1ccc2c(c1)nc(N1CCC(C)CC1)n2Cc1ccccc1. The van der Waals surface area contributed by atoms with Crippen LogP contribution in [-0.4, -0.2) is 22.6 Å². The third kappa shape index (κ3) is 3.28. The second-order valence-electron chi connectivity index (χ2n) is 7.33. The lowest BCUT2D eigenvalue weighted by atomic mass is 10.00. The van der Waals surface area contributed by atoms with Crippen LogP contribution in [0.5, 0.6) is 0 Å². The number of nitrogens with zero attached hydrogens (tertiary/aromatic N) is 3. The Morgan fingerprint density at radius 1 is 1.00 bits per heavy atom. The van der Waals surface area contributed by atoms with Crippen LogP contribution in [0.25, 0.3) is 11.0 Å². The van der Waals surface area contributed by atoms with Crippen LogP contribution in [0.3, 0.4) is 0 Å². The van der Waals surface area contributed by atoms with E-state index in [0.29, 0.717) is 0 Å². The highest BCUT2D eigenvalue weighted by Crippen LogP contribution is 2.28. The summed E-state index contributed by atoms with van der Waals surface area (Å²) in [5.41, 5.74) is 5.06. The number of imidazole rings is 1. The van der Waals surface area contributed by atoms with Gasteiger partial charge in [0.1, 0.15) is 0 Å². The van der Waals surface area contributed by atoms with E-state index in [0.717, 1.165) is 43.4 Å². The van der Waals surface area contributed by atoms with Crippen molar-refractivity contribution in [1.29, 1.82) is 0 Å². The van der Waals surface area contributed by atoms with Crippen molar-refractivity contribution in [2.45, 2.75) is 39.7 Å². The number of aromatic nitrogens is 2. The molecule has 3 heteroatoms. The average Bonchev–Trinajstić information content (AvgIpc) is 3.01. The normalized spacial score (nSPS) is 15.8. The standard InChI is InChI=1S/C22H27N3/c1-3-18-9-10-21-20(15-18)23-22(24-13-11-17(2)12-14-24)25(21)16-19-7-5-4-6-8-19/h4-10,15,17H,3,11-14,16H2,1-2H3. The van der Waals surface area contributed by atoms with Gasteiger partial charge in [0.2, 0.25) is 5.95 Å². The molecule has 1 aromatic heterocycles. The molecule has 3 aromatic rings. The first kappa shape index (κ1) is 16.2. The third-order valence-electron chi connectivity index (χ3n) is 5.45. The summed E-state index contributed by atoms with van der Waals surface area (Å²) in [4.78, 5) is 7.54. The van der Waals surface area contributed by atoms with E-state index in [1.54, 1.807) is 0 Å². The second-order valence-corrected chi connectivity index (χ2v) is 7.33. The predicted octanol–water partition coefficient (Wildman–Crippen LogP) is 4.88. The maximum Gasteiger partial charge on any atom is 0.206 e. The maximum atomic E-state index is 5.06. The van der Waals surface area contributed by atoms with Gasteiger partial charge in [-0.15, -0.1) is 0 Å². The Morgan fingerprint density at radius 3 is 2.48 bits per heavy atom. The number of aryl methyl sites for hydroxylation is 1. The number of hydrogen-bond donors (Lipinski definition) is 0. The van der Waals surface area contributed by atoms with E-state index in [1.165, 1.54) is 29.5 Å². The average molecular weight is 333 g/mol. The topological polar surface area (TPSA) is 21.1 Å². The van der Waals surface area contributed by atoms with Crippen LogP contribution < -0.4 is 4.90 Å². The zero-order chi connectivity index (χ0) is 17.2. The van der Waals surface area contributed by atoms with Gasteiger partial charge in [-0.25, -0.2) is 4.98 Å². The zero-order valence-electron chi connectivity index (χ0n) is 15.3. The molecule has 0 saturated carbocycles. The lowest BCUT2D eigenvalue weighted by Gasteiger charge is -2.31. The maximum absolute atomic E-state index is 5.06. The molecule has 25 heavy (non-hydrogen) atoms. The summed E-state index contributed by atoms with van der Waals surface area (Å²) in [5.74, 6) is 1.97. The van der Waals surface area contributed by atoms with Crippen molar-refractivity contribution in [3.8, 4) is 0 Å². The summed E-state index contributed by atoms with van der Waals surface area (Å²) in [7, 11) is 0. The number of fused-ring (bicyclic) bond motifs is 1. The van der Waals surface area contributed by atoms with Gasteiger partial charge in [0, 0.05) is 13.1 Å². The van der Waals surface area contributed by atoms with Crippen molar-refractivity contribution in [3.63, 3.8) is 0 Å². The third-order valence-corrected chi connectivity index (χ3v) is 5.45. The Hall–Kier alpha value is -2.29.